The maximum Gasteiger partial charge on any atom is 0.188 e. The number of rotatable bonds is 2. The van der Waals surface area contributed by atoms with E-state index in [0.717, 1.165) is 12.2 Å². The number of Topliss-reactive ketones (excluding diaryl/α,β-unsaturated/α-hetero) is 1. The van der Waals surface area contributed by atoms with Crippen LogP contribution in [0, 0.1) is 17.8 Å². The summed E-state index contributed by atoms with van der Waals surface area (Å²) >= 11 is 0. The lowest BCUT2D eigenvalue weighted by Crippen LogP contribution is -2.22. The number of carbonyl (C=O) groups is 1. The second-order valence-electron chi connectivity index (χ2n) is 6.97. The molecule has 0 saturated carbocycles. The highest BCUT2D eigenvalue weighted by molar-refractivity contribution is 5.98. The molecule has 0 saturated heterocycles. The van der Waals surface area contributed by atoms with Gasteiger partial charge < -0.3 is 0 Å². The molecule has 3 nitrogen and oxygen atoms in total. The van der Waals surface area contributed by atoms with E-state index < -0.39 is 0 Å². The molecule has 1 aromatic rings. The molecule has 0 radical (unpaired) electrons. The molecule has 0 bridgehead atoms. The van der Waals surface area contributed by atoms with Gasteiger partial charge in [0.1, 0.15) is 5.69 Å². The van der Waals surface area contributed by atoms with Crippen LogP contribution in [-0.4, -0.2) is 15.6 Å². The number of hydrogen-bond donors (Lipinski definition) is 0. The van der Waals surface area contributed by atoms with Crippen molar-refractivity contribution < 1.29 is 4.79 Å². The van der Waals surface area contributed by atoms with E-state index in [-0.39, 0.29) is 16.6 Å². The molecule has 1 rings (SSSR count). The van der Waals surface area contributed by atoms with Crippen LogP contribution in [0.25, 0.3) is 0 Å². The van der Waals surface area contributed by atoms with Gasteiger partial charge in [0.25, 0.3) is 0 Å². The third-order valence-electron chi connectivity index (χ3n) is 2.52. The molecule has 0 fully saturated rings. The molecular weight excluding hydrogens is 212 g/mol. The summed E-state index contributed by atoms with van der Waals surface area (Å²) in [6, 6.07) is 1.89. The highest BCUT2D eigenvalue weighted by Crippen LogP contribution is 2.22. The van der Waals surface area contributed by atoms with E-state index in [1.54, 1.807) is 0 Å². The predicted octanol–water partition coefficient (Wildman–Crippen LogP) is 3.47. The lowest BCUT2D eigenvalue weighted by Gasteiger charge is -2.19. The van der Waals surface area contributed by atoms with E-state index in [1.165, 1.54) is 0 Å². The minimum atomic E-state index is -0.368. The molecule has 3 heteroatoms. The summed E-state index contributed by atoms with van der Waals surface area (Å²) in [4.78, 5) is 12.1. The average molecular weight is 236 g/mol. The maximum absolute atomic E-state index is 12.1. The van der Waals surface area contributed by atoms with Gasteiger partial charge in [0, 0.05) is 17.7 Å². The number of hydrogen-bond acceptors (Lipinski definition) is 2. The Hall–Kier alpha value is -1.12. The first-order chi connectivity index (χ1) is 7.50. The SMILES string of the molecule is Cc1cc(C(=O)C(C)(C)C)nn1CC(C)(C)C. The zero-order chi connectivity index (χ0) is 13.4. The Morgan fingerprint density at radius 1 is 1.24 bits per heavy atom. The van der Waals surface area contributed by atoms with Gasteiger partial charge in [-0.05, 0) is 18.4 Å². The smallest absolute Gasteiger partial charge is 0.188 e. The van der Waals surface area contributed by atoms with Crippen molar-refractivity contribution in [2.75, 3.05) is 0 Å². The van der Waals surface area contributed by atoms with E-state index >= 15 is 0 Å². The van der Waals surface area contributed by atoms with Crippen molar-refractivity contribution in [3.8, 4) is 0 Å². The Bertz CT molecular complexity index is 416. The third-order valence-corrected chi connectivity index (χ3v) is 2.52. The van der Waals surface area contributed by atoms with Crippen LogP contribution >= 0.6 is 0 Å². The summed E-state index contributed by atoms with van der Waals surface area (Å²) in [6.45, 7) is 15.1. The van der Waals surface area contributed by atoms with E-state index in [2.05, 4.69) is 25.9 Å². The van der Waals surface area contributed by atoms with Gasteiger partial charge in [-0.3, -0.25) is 9.48 Å². The highest BCUT2D eigenvalue weighted by atomic mass is 16.1. The second-order valence-corrected chi connectivity index (χ2v) is 6.97. The minimum Gasteiger partial charge on any atom is -0.292 e. The van der Waals surface area contributed by atoms with Crippen LogP contribution in [0.5, 0.6) is 0 Å². The zero-order valence-electron chi connectivity index (χ0n) is 12.1. The fourth-order valence-electron chi connectivity index (χ4n) is 1.61. The first-order valence-electron chi connectivity index (χ1n) is 6.10. The Morgan fingerprint density at radius 3 is 2.18 bits per heavy atom. The molecule has 0 amide bonds. The van der Waals surface area contributed by atoms with Crippen molar-refractivity contribution in [1.29, 1.82) is 0 Å². The van der Waals surface area contributed by atoms with Gasteiger partial charge in [0.05, 0.1) is 0 Å². The molecule has 0 spiro atoms. The average Bonchev–Trinajstić information content (AvgIpc) is 2.42. The van der Waals surface area contributed by atoms with Crippen molar-refractivity contribution in [3.63, 3.8) is 0 Å². The Morgan fingerprint density at radius 2 is 1.76 bits per heavy atom. The van der Waals surface area contributed by atoms with Gasteiger partial charge in [0.15, 0.2) is 5.78 Å². The van der Waals surface area contributed by atoms with E-state index in [0.29, 0.717) is 5.69 Å². The molecule has 1 aromatic heterocycles. The standard InChI is InChI=1S/C14H24N2O/c1-10-8-11(12(17)14(5,6)7)15-16(10)9-13(2,3)4/h8H,9H2,1-7H3. The summed E-state index contributed by atoms with van der Waals surface area (Å²) in [5.41, 5.74) is 1.43. The Labute approximate surface area is 104 Å². The van der Waals surface area contributed by atoms with E-state index in [4.69, 9.17) is 0 Å². The molecule has 0 N–H and O–H groups in total. The summed E-state index contributed by atoms with van der Waals surface area (Å²) in [5.74, 6) is 0.105. The Balaban J connectivity index is 3.01. The van der Waals surface area contributed by atoms with Crippen molar-refractivity contribution >= 4 is 5.78 Å². The summed E-state index contributed by atoms with van der Waals surface area (Å²) < 4.78 is 1.93. The van der Waals surface area contributed by atoms with Crippen molar-refractivity contribution in [2.24, 2.45) is 10.8 Å². The second kappa shape index (κ2) is 4.28. The zero-order valence-corrected chi connectivity index (χ0v) is 12.1. The summed E-state index contributed by atoms with van der Waals surface area (Å²) in [5, 5.41) is 4.43. The van der Waals surface area contributed by atoms with Gasteiger partial charge in [-0.1, -0.05) is 41.5 Å². The van der Waals surface area contributed by atoms with Crippen LogP contribution in [0.1, 0.15) is 57.7 Å². The quantitative estimate of drug-likeness (QED) is 0.737. The van der Waals surface area contributed by atoms with Gasteiger partial charge in [0.2, 0.25) is 0 Å². The first kappa shape index (κ1) is 13.9. The van der Waals surface area contributed by atoms with Gasteiger partial charge in [-0.15, -0.1) is 0 Å². The van der Waals surface area contributed by atoms with Gasteiger partial charge in [-0.25, -0.2) is 0 Å². The normalized spacial score (nSPS) is 12.9. The fraction of sp³-hybridized carbons (Fsp3) is 0.714. The Kier molecular flexibility index (Phi) is 3.51. The van der Waals surface area contributed by atoms with Crippen molar-refractivity contribution in [3.05, 3.63) is 17.5 Å². The molecule has 96 valence electrons. The molecular formula is C14H24N2O. The molecule has 0 aromatic carbocycles. The lowest BCUT2D eigenvalue weighted by molar-refractivity contribution is 0.0851. The minimum absolute atomic E-state index is 0.105. The van der Waals surface area contributed by atoms with Crippen LogP contribution in [0.4, 0.5) is 0 Å². The summed E-state index contributed by atoms with van der Waals surface area (Å²) in [7, 11) is 0. The topological polar surface area (TPSA) is 34.9 Å². The highest BCUT2D eigenvalue weighted by Gasteiger charge is 2.26. The number of carbonyl (C=O) groups excluding carboxylic acids is 1. The molecule has 1 heterocycles. The fourth-order valence-corrected chi connectivity index (χ4v) is 1.61. The van der Waals surface area contributed by atoms with Gasteiger partial charge in [-0.2, -0.15) is 5.10 Å². The number of aromatic nitrogens is 2. The van der Waals surface area contributed by atoms with Crippen LogP contribution in [0.2, 0.25) is 0 Å². The first-order valence-corrected chi connectivity index (χ1v) is 6.10. The number of nitrogens with zero attached hydrogens (tertiary/aromatic N) is 2. The van der Waals surface area contributed by atoms with Crippen LogP contribution < -0.4 is 0 Å². The maximum atomic E-state index is 12.1. The van der Waals surface area contributed by atoms with Crippen LogP contribution in [0.15, 0.2) is 6.07 Å². The number of aryl methyl sites for hydroxylation is 1. The predicted molar refractivity (Wildman–Crippen MR) is 70.2 cm³/mol. The molecule has 17 heavy (non-hydrogen) atoms. The summed E-state index contributed by atoms with van der Waals surface area (Å²) in [6.07, 6.45) is 0. The monoisotopic (exact) mass is 236 g/mol. The van der Waals surface area contributed by atoms with Crippen molar-refractivity contribution in [2.45, 2.75) is 55.0 Å². The van der Waals surface area contributed by atoms with Gasteiger partial charge >= 0.3 is 0 Å². The molecule has 0 aliphatic rings. The molecule has 0 aliphatic carbocycles. The van der Waals surface area contributed by atoms with E-state index in [1.807, 2.05) is 38.4 Å². The largest absolute Gasteiger partial charge is 0.292 e. The lowest BCUT2D eigenvalue weighted by atomic mass is 9.89. The van der Waals surface area contributed by atoms with E-state index in [9.17, 15) is 4.79 Å². The third kappa shape index (κ3) is 3.69. The molecule has 0 aliphatic heterocycles. The van der Waals surface area contributed by atoms with Crippen LogP contribution in [0.3, 0.4) is 0 Å². The number of ketones is 1. The van der Waals surface area contributed by atoms with Crippen molar-refractivity contribution in [1.82, 2.24) is 9.78 Å². The van der Waals surface area contributed by atoms with Crippen LogP contribution in [-0.2, 0) is 6.54 Å². The molecule has 0 unspecified atom stereocenters. The molecule has 0 atom stereocenters.